The van der Waals surface area contributed by atoms with Crippen LogP contribution >= 0.6 is 11.3 Å². The zero-order chi connectivity index (χ0) is 10.7. The molecule has 3 N–H and O–H groups in total. The van der Waals surface area contributed by atoms with Gasteiger partial charge in [0.2, 0.25) is 0 Å². The third kappa shape index (κ3) is 1.97. The molecule has 7 heteroatoms. The van der Waals surface area contributed by atoms with Gasteiger partial charge < -0.3 is 0 Å². The Hall–Kier alpha value is -1.86. The summed E-state index contributed by atoms with van der Waals surface area (Å²) in [4.78, 5) is 23.6. The number of carbonyl (C=O) groups excluding carboxylic acids is 1. The number of rotatable bonds is 2. The number of hydrogen-bond acceptors (Lipinski definition) is 6. The number of amides is 1. The Labute approximate surface area is 89.2 Å². The Morgan fingerprint density at radius 1 is 1.33 bits per heavy atom. The third-order valence-electron chi connectivity index (χ3n) is 1.64. The fourth-order valence-electron chi connectivity index (χ4n) is 0.978. The lowest BCUT2D eigenvalue weighted by atomic mass is 10.5. The summed E-state index contributed by atoms with van der Waals surface area (Å²) >= 11 is 1.21. The summed E-state index contributed by atoms with van der Waals surface area (Å²) < 4.78 is 0. The quantitative estimate of drug-likeness (QED) is 0.429. The highest BCUT2D eigenvalue weighted by Gasteiger charge is 2.10. The van der Waals surface area contributed by atoms with Crippen LogP contribution in [0.15, 0.2) is 24.8 Å². The molecule has 2 aromatic rings. The van der Waals surface area contributed by atoms with E-state index in [1.807, 2.05) is 5.43 Å². The summed E-state index contributed by atoms with van der Waals surface area (Å²) in [6.07, 6.45) is 6.18. The van der Waals surface area contributed by atoms with Gasteiger partial charge in [0.1, 0.15) is 15.6 Å². The van der Waals surface area contributed by atoms with Crippen molar-refractivity contribution in [2.75, 3.05) is 0 Å². The zero-order valence-electron chi connectivity index (χ0n) is 7.54. The standard InChI is InChI=1S/C8H7N5OS/c9-13-7(14)6-4-12-8(15-6)5-3-10-1-2-11-5/h1-4H,9H2,(H,13,14). The highest BCUT2D eigenvalue weighted by molar-refractivity contribution is 7.16. The minimum atomic E-state index is -0.359. The Bertz CT molecular complexity index is 469. The smallest absolute Gasteiger partial charge is 0.276 e. The van der Waals surface area contributed by atoms with E-state index in [1.165, 1.54) is 17.5 Å². The predicted octanol–water partition coefficient (Wildman–Crippen LogP) is 0.204. The minimum Gasteiger partial charge on any atom is -0.289 e. The number of aromatic nitrogens is 3. The van der Waals surface area contributed by atoms with Gasteiger partial charge in [-0.3, -0.25) is 20.2 Å². The second-order valence-electron chi connectivity index (χ2n) is 2.59. The molecule has 0 saturated carbocycles. The molecule has 0 spiro atoms. The van der Waals surface area contributed by atoms with E-state index in [4.69, 9.17) is 5.84 Å². The lowest BCUT2D eigenvalue weighted by molar-refractivity contribution is 0.0957. The number of nitrogen functional groups attached to an aromatic ring is 1. The Morgan fingerprint density at radius 3 is 2.87 bits per heavy atom. The second kappa shape index (κ2) is 4.11. The van der Waals surface area contributed by atoms with Crippen LogP contribution in [0.2, 0.25) is 0 Å². The van der Waals surface area contributed by atoms with E-state index in [2.05, 4.69) is 15.0 Å². The van der Waals surface area contributed by atoms with Gasteiger partial charge in [-0.2, -0.15) is 0 Å². The van der Waals surface area contributed by atoms with Crippen LogP contribution in [-0.2, 0) is 0 Å². The van der Waals surface area contributed by atoms with Crippen LogP contribution in [0.25, 0.3) is 10.7 Å². The Kier molecular flexibility index (Phi) is 2.66. The first-order chi connectivity index (χ1) is 7.31. The molecule has 0 aliphatic carbocycles. The van der Waals surface area contributed by atoms with Crippen LogP contribution in [0.1, 0.15) is 9.67 Å². The molecule has 0 fully saturated rings. The molecule has 6 nitrogen and oxygen atoms in total. The van der Waals surface area contributed by atoms with Crippen molar-refractivity contribution in [1.82, 2.24) is 20.4 Å². The monoisotopic (exact) mass is 221 g/mol. The summed E-state index contributed by atoms with van der Waals surface area (Å²) in [6.45, 7) is 0. The molecular weight excluding hydrogens is 214 g/mol. The number of nitrogens with one attached hydrogen (secondary N) is 1. The van der Waals surface area contributed by atoms with Crippen LogP contribution in [0.3, 0.4) is 0 Å². The molecule has 0 unspecified atom stereocenters. The van der Waals surface area contributed by atoms with E-state index in [1.54, 1.807) is 18.6 Å². The summed E-state index contributed by atoms with van der Waals surface area (Å²) in [7, 11) is 0. The van der Waals surface area contributed by atoms with Crippen LogP contribution in [0, 0.1) is 0 Å². The maximum atomic E-state index is 11.2. The first-order valence-corrected chi connectivity index (χ1v) is 4.86. The van der Waals surface area contributed by atoms with Gasteiger partial charge in [-0.1, -0.05) is 0 Å². The van der Waals surface area contributed by atoms with E-state index in [9.17, 15) is 4.79 Å². The topological polar surface area (TPSA) is 93.8 Å². The van der Waals surface area contributed by atoms with Crippen LogP contribution in [0.5, 0.6) is 0 Å². The molecule has 2 heterocycles. The SMILES string of the molecule is NNC(=O)c1cnc(-c2cnccn2)s1. The van der Waals surface area contributed by atoms with Crippen LogP contribution in [-0.4, -0.2) is 20.9 Å². The number of carbonyl (C=O) groups is 1. The lowest BCUT2D eigenvalue weighted by Gasteiger charge is -1.92. The van der Waals surface area contributed by atoms with Crippen molar-refractivity contribution >= 4 is 17.2 Å². The van der Waals surface area contributed by atoms with Crippen LogP contribution in [0.4, 0.5) is 0 Å². The van der Waals surface area contributed by atoms with Crippen molar-refractivity contribution in [2.45, 2.75) is 0 Å². The van der Waals surface area contributed by atoms with Gasteiger partial charge in [-0.25, -0.2) is 10.8 Å². The summed E-state index contributed by atoms with van der Waals surface area (Å²) in [5.41, 5.74) is 2.68. The maximum Gasteiger partial charge on any atom is 0.276 e. The van der Waals surface area contributed by atoms with Gasteiger partial charge >= 0.3 is 0 Å². The van der Waals surface area contributed by atoms with Gasteiger partial charge in [0.25, 0.3) is 5.91 Å². The second-order valence-corrected chi connectivity index (χ2v) is 3.62. The van der Waals surface area contributed by atoms with Crippen molar-refractivity contribution < 1.29 is 4.79 Å². The molecule has 0 atom stereocenters. The molecule has 76 valence electrons. The predicted molar refractivity (Wildman–Crippen MR) is 54.8 cm³/mol. The zero-order valence-corrected chi connectivity index (χ0v) is 8.36. The number of hydrogen-bond donors (Lipinski definition) is 2. The van der Waals surface area contributed by atoms with Crippen molar-refractivity contribution in [3.63, 3.8) is 0 Å². The summed E-state index contributed by atoms with van der Waals surface area (Å²) in [5.74, 6) is 4.64. The largest absolute Gasteiger partial charge is 0.289 e. The van der Waals surface area contributed by atoms with E-state index < -0.39 is 0 Å². The van der Waals surface area contributed by atoms with Gasteiger partial charge in [0, 0.05) is 12.4 Å². The van der Waals surface area contributed by atoms with Crippen LogP contribution < -0.4 is 11.3 Å². The average Bonchev–Trinajstić information content (AvgIpc) is 2.78. The number of nitrogens with zero attached hydrogens (tertiary/aromatic N) is 3. The van der Waals surface area contributed by atoms with E-state index in [0.717, 1.165) is 0 Å². The van der Waals surface area contributed by atoms with Gasteiger partial charge in [-0.15, -0.1) is 11.3 Å². The number of nitrogens with two attached hydrogens (primary N) is 1. The van der Waals surface area contributed by atoms with E-state index in [-0.39, 0.29) is 5.91 Å². The van der Waals surface area contributed by atoms with E-state index in [0.29, 0.717) is 15.6 Å². The fourth-order valence-corrected chi connectivity index (χ4v) is 1.76. The average molecular weight is 221 g/mol. The summed E-state index contributed by atoms with van der Waals surface area (Å²) in [5, 5.41) is 0.640. The van der Waals surface area contributed by atoms with Crippen molar-refractivity contribution in [3.8, 4) is 10.7 Å². The molecule has 2 aromatic heterocycles. The Balaban J connectivity index is 2.32. The number of thiazole rings is 1. The van der Waals surface area contributed by atoms with Crippen molar-refractivity contribution in [2.24, 2.45) is 5.84 Å². The molecule has 0 saturated heterocycles. The third-order valence-corrected chi connectivity index (χ3v) is 2.66. The van der Waals surface area contributed by atoms with E-state index >= 15 is 0 Å². The molecule has 2 rings (SSSR count). The normalized spacial score (nSPS) is 9.93. The maximum absolute atomic E-state index is 11.2. The molecule has 0 bridgehead atoms. The fraction of sp³-hybridized carbons (Fsp3) is 0. The Morgan fingerprint density at radius 2 is 2.20 bits per heavy atom. The minimum absolute atomic E-state index is 0.359. The first-order valence-electron chi connectivity index (χ1n) is 4.04. The molecule has 0 aliphatic rings. The molecule has 15 heavy (non-hydrogen) atoms. The first kappa shape index (κ1) is 9.69. The highest BCUT2D eigenvalue weighted by atomic mass is 32.1. The molecule has 0 radical (unpaired) electrons. The molecule has 1 amide bonds. The van der Waals surface area contributed by atoms with Gasteiger partial charge in [0.05, 0.1) is 12.4 Å². The van der Waals surface area contributed by atoms with Crippen molar-refractivity contribution in [1.29, 1.82) is 0 Å². The molecule has 0 aromatic carbocycles. The summed E-state index contributed by atoms with van der Waals surface area (Å²) in [6, 6.07) is 0. The molecular formula is C8H7N5OS. The highest BCUT2D eigenvalue weighted by Crippen LogP contribution is 2.22. The van der Waals surface area contributed by atoms with Gasteiger partial charge in [0.15, 0.2) is 0 Å². The lowest BCUT2D eigenvalue weighted by Crippen LogP contribution is -2.29. The number of hydrazine groups is 1. The van der Waals surface area contributed by atoms with Gasteiger partial charge in [-0.05, 0) is 0 Å². The molecule has 0 aliphatic heterocycles. The van der Waals surface area contributed by atoms with Crippen molar-refractivity contribution in [3.05, 3.63) is 29.7 Å².